The smallest absolute Gasteiger partial charge is 0.320 e. The minimum Gasteiger partial charge on any atom is -0.497 e. The van der Waals surface area contributed by atoms with Crippen LogP contribution in [-0.2, 0) is 0 Å². The van der Waals surface area contributed by atoms with E-state index in [-0.39, 0.29) is 12.1 Å². The van der Waals surface area contributed by atoms with Gasteiger partial charge in [0, 0.05) is 11.8 Å². The quantitative estimate of drug-likeness (QED) is 0.890. The molecule has 6 heteroatoms. The van der Waals surface area contributed by atoms with Crippen LogP contribution in [0.1, 0.15) is 18.5 Å². The number of ether oxygens (including phenoxy) is 2. The number of pyridine rings is 1. The van der Waals surface area contributed by atoms with Crippen molar-refractivity contribution in [1.29, 1.82) is 0 Å². The molecule has 0 unspecified atom stereocenters. The van der Waals surface area contributed by atoms with Crippen LogP contribution in [0.25, 0.3) is 0 Å². The largest absolute Gasteiger partial charge is 0.497 e. The van der Waals surface area contributed by atoms with Crippen LogP contribution in [0.4, 0.5) is 10.6 Å². The predicted molar refractivity (Wildman–Crippen MR) is 84.4 cm³/mol. The van der Waals surface area contributed by atoms with E-state index in [1.807, 2.05) is 25.1 Å². The second-order valence-corrected chi connectivity index (χ2v) is 4.64. The van der Waals surface area contributed by atoms with Crippen molar-refractivity contribution in [1.82, 2.24) is 10.3 Å². The number of methoxy groups -OCH3 is 2. The summed E-state index contributed by atoms with van der Waals surface area (Å²) in [5.41, 5.74) is 0.832. The number of urea groups is 1. The minimum atomic E-state index is -0.337. The summed E-state index contributed by atoms with van der Waals surface area (Å²) in [6.45, 7) is 1.87. The number of carbonyl (C=O) groups excluding carboxylic acids is 1. The number of hydrogen-bond donors (Lipinski definition) is 2. The monoisotopic (exact) mass is 301 g/mol. The van der Waals surface area contributed by atoms with Gasteiger partial charge in [-0.1, -0.05) is 6.07 Å². The van der Waals surface area contributed by atoms with Crippen molar-refractivity contribution in [2.45, 2.75) is 13.0 Å². The van der Waals surface area contributed by atoms with Gasteiger partial charge >= 0.3 is 6.03 Å². The number of anilines is 1. The van der Waals surface area contributed by atoms with Gasteiger partial charge < -0.3 is 14.8 Å². The van der Waals surface area contributed by atoms with Crippen LogP contribution in [0, 0.1) is 0 Å². The Hall–Kier alpha value is -2.76. The number of rotatable bonds is 5. The maximum Gasteiger partial charge on any atom is 0.320 e. The van der Waals surface area contributed by atoms with Gasteiger partial charge in [0.1, 0.15) is 17.3 Å². The normalized spacial score (nSPS) is 11.4. The molecule has 6 nitrogen and oxygen atoms in total. The van der Waals surface area contributed by atoms with Crippen LogP contribution in [0.5, 0.6) is 11.5 Å². The Morgan fingerprint density at radius 1 is 1.18 bits per heavy atom. The Morgan fingerprint density at radius 2 is 2.00 bits per heavy atom. The lowest BCUT2D eigenvalue weighted by Gasteiger charge is -2.18. The van der Waals surface area contributed by atoms with Crippen LogP contribution in [-0.4, -0.2) is 25.2 Å². The fourth-order valence-corrected chi connectivity index (χ4v) is 2.04. The van der Waals surface area contributed by atoms with E-state index < -0.39 is 0 Å². The van der Waals surface area contributed by atoms with Crippen molar-refractivity contribution < 1.29 is 14.3 Å². The molecule has 1 atom stereocenters. The van der Waals surface area contributed by atoms with Crippen molar-refractivity contribution in [3.63, 3.8) is 0 Å². The lowest BCUT2D eigenvalue weighted by molar-refractivity contribution is 0.249. The van der Waals surface area contributed by atoms with Crippen LogP contribution in [0.2, 0.25) is 0 Å². The molecule has 2 aromatic rings. The second kappa shape index (κ2) is 7.31. The average molecular weight is 301 g/mol. The molecule has 0 saturated heterocycles. The Morgan fingerprint density at radius 3 is 2.64 bits per heavy atom. The van der Waals surface area contributed by atoms with Gasteiger partial charge in [-0.15, -0.1) is 0 Å². The predicted octanol–water partition coefficient (Wildman–Crippen LogP) is 2.98. The third kappa shape index (κ3) is 3.88. The number of benzene rings is 1. The first-order valence-corrected chi connectivity index (χ1v) is 6.84. The summed E-state index contributed by atoms with van der Waals surface area (Å²) in [6.07, 6.45) is 1.62. The molecule has 0 fully saturated rings. The summed E-state index contributed by atoms with van der Waals surface area (Å²) >= 11 is 0. The summed E-state index contributed by atoms with van der Waals surface area (Å²) in [7, 11) is 3.18. The van der Waals surface area contributed by atoms with Crippen LogP contribution >= 0.6 is 0 Å². The van der Waals surface area contributed by atoms with Gasteiger partial charge in [0.25, 0.3) is 0 Å². The molecule has 116 valence electrons. The SMILES string of the molecule is COc1ccc(OC)c([C@@H](C)NC(=O)Nc2ccccn2)c1. The van der Waals surface area contributed by atoms with E-state index >= 15 is 0 Å². The van der Waals surface area contributed by atoms with Gasteiger partial charge in [0.2, 0.25) is 0 Å². The highest BCUT2D eigenvalue weighted by atomic mass is 16.5. The van der Waals surface area contributed by atoms with Crippen LogP contribution < -0.4 is 20.1 Å². The molecular formula is C16H19N3O3. The summed E-state index contributed by atoms with van der Waals surface area (Å²) < 4.78 is 10.5. The first-order chi connectivity index (χ1) is 10.6. The highest BCUT2D eigenvalue weighted by Crippen LogP contribution is 2.29. The molecule has 2 amide bonds. The van der Waals surface area contributed by atoms with E-state index in [1.54, 1.807) is 38.6 Å². The van der Waals surface area contributed by atoms with Crippen molar-refractivity contribution in [3.8, 4) is 11.5 Å². The average Bonchev–Trinajstić information content (AvgIpc) is 2.54. The Bertz CT molecular complexity index is 632. The topological polar surface area (TPSA) is 72.5 Å². The maximum absolute atomic E-state index is 12.0. The molecule has 1 aromatic heterocycles. The summed E-state index contributed by atoms with van der Waals surface area (Å²) in [6, 6.07) is 10.2. The van der Waals surface area contributed by atoms with Crippen molar-refractivity contribution in [2.24, 2.45) is 0 Å². The molecule has 2 rings (SSSR count). The zero-order valence-electron chi connectivity index (χ0n) is 12.8. The van der Waals surface area contributed by atoms with Crippen molar-refractivity contribution in [2.75, 3.05) is 19.5 Å². The molecule has 2 N–H and O–H groups in total. The molecular weight excluding hydrogens is 282 g/mol. The van der Waals surface area contributed by atoms with E-state index in [4.69, 9.17) is 9.47 Å². The Labute approximate surface area is 129 Å². The van der Waals surface area contributed by atoms with Gasteiger partial charge in [-0.25, -0.2) is 9.78 Å². The first-order valence-electron chi connectivity index (χ1n) is 6.84. The highest BCUT2D eigenvalue weighted by molar-refractivity contribution is 5.88. The number of nitrogens with zero attached hydrogens (tertiary/aromatic N) is 1. The number of nitrogens with one attached hydrogen (secondary N) is 2. The van der Waals surface area contributed by atoms with Gasteiger partial charge in [0.05, 0.1) is 20.3 Å². The molecule has 22 heavy (non-hydrogen) atoms. The zero-order chi connectivity index (χ0) is 15.9. The number of amides is 2. The summed E-state index contributed by atoms with van der Waals surface area (Å²) in [5, 5.41) is 5.52. The van der Waals surface area contributed by atoms with Crippen molar-refractivity contribution >= 4 is 11.8 Å². The lowest BCUT2D eigenvalue weighted by Crippen LogP contribution is -2.31. The maximum atomic E-state index is 12.0. The molecule has 0 radical (unpaired) electrons. The van der Waals surface area contributed by atoms with E-state index in [2.05, 4.69) is 15.6 Å². The molecule has 1 heterocycles. The number of carbonyl (C=O) groups is 1. The van der Waals surface area contributed by atoms with E-state index in [9.17, 15) is 4.79 Å². The fourth-order valence-electron chi connectivity index (χ4n) is 2.04. The van der Waals surface area contributed by atoms with Gasteiger partial charge in [-0.05, 0) is 37.3 Å². The van der Waals surface area contributed by atoms with E-state index in [1.165, 1.54) is 0 Å². The van der Waals surface area contributed by atoms with Crippen molar-refractivity contribution in [3.05, 3.63) is 48.2 Å². The number of aromatic nitrogens is 1. The standard InChI is InChI=1S/C16H19N3O3/c1-11(13-10-12(21-2)7-8-14(13)22-3)18-16(20)19-15-6-4-5-9-17-15/h4-11H,1-3H3,(H2,17,18,19,20)/t11-/m1/s1. The Kier molecular flexibility index (Phi) is 5.19. The molecule has 1 aromatic carbocycles. The van der Waals surface area contributed by atoms with Crippen LogP contribution in [0.15, 0.2) is 42.6 Å². The summed E-state index contributed by atoms with van der Waals surface area (Å²) in [4.78, 5) is 16.1. The van der Waals surface area contributed by atoms with Gasteiger partial charge in [-0.2, -0.15) is 0 Å². The third-order valence-corrected chi connectivity index (χ3v) is 3.16. The zero-order valence-corrected chi connectivity index (χ0v) is 12.8. The summed E-state index contributed by atoms with van der Waals surface area (Å²) in [5.74, 6) is 1.88. The second-order valence-electron chi connectivity index (χ2n) is 4.64. The molecule has 0 aliphatic heterocycles. The minimum absolute atomic E-state index is 0.256. The molecule has 0 aliphatic carbocycles. The van der Waals surface area contributed by atoms with E-state index in [0.29, 0.717) is 17.3 Å². The fraction of sp³-hybridized carbons (Fsp3) is 0.250. The van der Waals surface area contributed by atoms with Gasteiger partial charge in [0.15, 0.2) is 0 Å². The molecule has 0 spiro atoms. The third-order valence-electron chi connectivity index (χ3n) is 3.16. The number of hydrogen-bond acceptors (Lipinski definition) is 4. The van der Waals surface area contributed by atoms with Gasteiger partial charge in [-0.3, -0.25) is 5.32 Å². The van der Waals surface area contributed by atoms with E-state index in [0.717, 1.165) is 5.56 Å². The molecule has 0 saturated carbocycles. The lowest BCUT2D eigenvalue weighted by atomic mass is 10.1. The molecule has 0 aliphatic rings. The highest BCUT2D eigenvalue weighted by Gasteiger charge is 2.15. The first kappa shape index (κ1) is 15.6. The molecule has 0 bridgehead atoms. The van der Waals surface area contributed by atoms with Crippen LogP contribution in [0.3, 0.4) is 0 Å². The Balaban J connectivity index is 2.08.